The third kappa shape index (κ3) is 5.66. The van der Waals surface area contributed by atoms with Crippen LogP contribution >= 0.6 is 0 Å². The van der Waals surface area contributed by atoms with E-state index in [1.807, 2.05) is 48.5 Å². The van der Waals surface area contributed by atoms with Gasteiger partial charge in [-0.05, 0) is 56.8 Å². The molecule has 180 valence electrons. The maximum absolute atomic E-state index is 13.2. The van der Waals surface area contributed by atoms with Crippen LogP contribution in [0.5, 0.6) is 11.5 Å². The van der Waals surface area contributed by atoms with E-state index in [1.165, 1.54) is 0 Å². The van der Waals surface area contributed by atoms with Gasteiger partial charge in [-0.2, -0.15) is 0 Å². The highest BCUT2D eigenvalue weighted by Gasteiger charge is 2.16. The van der Waals surface area contributed by atoms with Crippen LogP contribution in [0.25, 0.3) is 22.2 Å². The average Bonchev–Trinajstić information content (AvgIpc) is 2.88. The standard InChI is InChI=1S/C27H34N4O3/c1-30-14-16-31(17-15-30)13-7-6-12-28-27(32)22-19-24(29-23-9-5-4-8-21(22)23)20-10-11-25(33-2)26(18-20)34-3/h4-5,8-11,18-19H,6-7,12-17H2,1-3H3,(H,28,32). The first-order chi connectivity index (χ1) is 16.6. The Morgan fingerprint density at radius 1 is 0.971 bits per heavy atom. The van der Waals surface area contributed by atoms with Crippen molar-refractivity contribution in [3.8, 4) is 22.8 Å². The number of likely N-dealkylation sites (N-methyl/N-ethyl adjacent to an activating group) is 1. The molecule has 1 amide bonds. The smallest absolute Gasteiger partial charge is 0.252 e. The minimum atomic E-state index is -0.0695. The van der Waals surface area contributed by atoms with Gasteiger partial charge in [0.25, 0.3) is 5.91 Å². The van der Waals surface area contributed by atoms with Crippen molar-refractivity contribution in [1.82, 2.24) is 20.1 Å². The van der Waals surface area contributed by atoms with Crippen LogP contribution in [0.2, 0.25) is 0 Å². The van der Waals surface area contributed by atoms with Crippen molar-refractivity contribution in [3.05, 3.63) is 54.1 Å². The summed E-state index contributed by atoms with van der Waals surface area (Å²) in [6.07, 6.45) is 2.04. The van der Waals surface area contributed by atoms with Gasteiger partial charge >= 0.3 is 0 Å². The zero-order valence-electron chi connectivity index (χ0n) is 20.3. The molecule has 0 saturated carbocycles. The number of rotatable bonds is 9. The lowest BCUT2D eigenvalue weighted by atomic mass is 10.0. The second kappa shape index (κ2) is 11.3. The summed E-state index contributed by atoms with van der Waals surface area (Å²) in [5, 5.41) is 3.97. The summed E-state index contributed by atoms with van der Waals surface area (Å²) in [6.45, 7) is 6.28. The average molecular weight is 463 g/mol. The fourth-order valence-corrected chi connectivity index (χ4v) is 4.34. The summed E-state index contributed by atoms with van der Waals surface area (Å²) >= 11 is 0. The lowest BCUT2D eigenvalue weighted by Gasteiger charge is -2.32. The molecule has 0 bridgehead atoms. The lowest BCUT2D eigenvalue weighted by molar-refractivity contribution is 0.0953. The van der Waals surface area contributed by atoms with Gasteiger partial charge in [-0.3, -0.25) is 4.79 Å². The second-order valence-electron chi connectivity index (χ2n) is 8.75. The predicted octanol–water partition coefficient (Wildman–Crippen LogP) is 3.68. The molecule has 2 aromatic carbocycles. The Morgan fingerprint density at radius 3 is 2.50 bits per heavy atom. The van der Waals surface area contributed by atoms with E-state index >= 15 is 0 Å². The van der Waals surface area contributed by atoms with E-state index in [0.29, 0.717) is 23.6 Å². The number of benzene rings is 2. The molecule has 0 atom stereocenters. The van der Waals surface area contributed by atoms with Gasteiger partial charge in [0.15, 0.2) is 11.5 Å². The van der Waals surface area contributed by atoms with E-state index in [9.17, 15) is 4.79 Å². The quantitative estimate of drug-likeness (QED) is 0.490. The summed E-state index contributed by atoms with van der Waals surface area (Å²) in [6, 6.07) is 15.3. The van der Waals surface area contributed by atoms with E-state index < -0.39 is 0 Å². The highest BCUT2D eigenvalue weighted by molar-refractivity contribution is 6.07. The number of nitrogens with one attached hydrogen (secondary N) is 1. The molecule has 4 rings (SSSR count). The number of aromatic nitrogens is 1. The molecule has 0 radical (unpaired) electrons. The van der Waals surface area contributed by atoms with Crippen LogP contribution in [-0.2, 0) is 0 Å². The van der Waals surface area contributed by atoms with Crippen LogP contribution in [0.15, 0.2) is 48.5 Å². The molecule has 1 aliphatic heterocycles. The topological polar surface area (TPSA) is 66.9 Å². The molecular weight excluding hydrogens is 428 g/mol. The zero-order chi connectivity index (χ0) is 23.9. The summed E-state index contributed by atoms with van der Waals surface area (Å²) in [7, 11) is 5.39. The Bertz CT molecular complexity index is 1130. The van der Waals surface area contributed by atoms with Crippen LogP contribution in [0, 0.1) is 0 Å². The maximum Gasteiger partial charge on any atom is 0.252 e. The van der Waals surface area contributed by atoms with Crippen LogP contribution in [0.3, 0.4) is 0 Å². The molecule has 1 N–H and O–H groups in total. The first kappa shape index (κ1) is 24.0. The number of pyridine rings is 1. The van der Waals surface area contributed by atoms with E-state index in [2.05, 4.69) is 22.2 Å². The molecule has 2 heterocycles. The number of nitrogens with zero attached hydrogens (tertiary/aromatic N) is 3. The molecule has 1 saturated heterocycles. The molecule has 1 aliphatic rings. The van der Waals surface area contributed by atoms with Crippen LogP contribution in [0.4, 0.5) is 0 Å². The number of amides is 1. The summed E-state index contributed by atoms with van der Waals surface area (Å²) in [4.78, 5) is 22.8. The number of ether oxygens (including phenoxy) is 2. The third-order valence-corrected chi connectivity index (χ3v) is 6.42. The molecule has 0 spiro atoms. The highest BCUT2D eigenvalue weighted by Crippen LogP contribution is 2.33. The molecular formula is C27H34N4O3. The number of carbonyl (C=O) groups is 1. The molecule has 7 nitrogen and oxygen atoms in total. The van der Waals surface area contributed by atoms with Gasteiger partial charge in [-0.25, -0.2) is 4.98 Å². The Hall–Kier alpha value is -3.16. The van der Waals surface area contributed by atoms with Crippen molar-refractivity contribution < 1.29 is 14.3 Å². The number of piperazine rings is 1. The Kier molecular flexibility index (Phi) is 7.98. The number of unbranched alkanes of at least 4 members (excludes halogenated alkanes) is 1. The van der Waals surface area contributed by atoms with Crippen molar-refractivity contribution in [2.75, 3.05) is 60.5 Å². The van der Waals surface area contributed by atoms with Crippen LogP contribution in [0.1, 0.15) is 23.2 Å². The first-order valence-corrected chi connectivity index (χ1v) is 11.9. The van der Waals surface area contributed by atoms with Crippen LogP contribution < -0.4 is 14.8 Å². The van der Waals surface area contributed by atoms with Gasteiger partial charge in [-0.15, -0.1) is 0 Å². The van der Waals surface area contributed by atoms with Crippen LogP contribution in [-0.4, -0.2) is 81.2 Å². The van der Waals surface area contributed by atoms with Gasteiger partial charge in [0.1, 0.15) is 0 Å². The molecule has 7 heteroatoms. The molecule has 0 aliphatic carbocycles. The number of para-hydroxylation sites is 1. The minimum Gasteiger partial charge on any atom is -0.493 e. The fraction of sp³-hybridized carbons (Fsp3) is 0.407. The molecule has 0 unspecified atom stereocenters. The van der Waals surface area contributed by atoms with Gasteiger partial charge in [0, 0.05) is 43.7 Å². The van der Waals surface area contributed by atoms with Gasteiger partial charge in [0.05, 0.1) is 31.0 Å². The zero-order valence-corrected chi connectivity index (χ0v) is 20.3. The highest BCUT2D eigenvalue weighted by atomic mass is 16.5. The monoisotopic (exact) mass is 462 g/mol. The van der Waals surface area contributed by atoms with E-state index in [0.717, 1.165) is 67.7 Å². The number of fused-ring (bicyclic) bond motifs is 1. The number of carbonyl (C=O) groups excluding carboxylic acids is 1. The molecule has 3 aromatic rings. The first-order valence-electron chi connectivity index (χ1n) is 11.9. The summed E-state index contributed by atoms with van der Waals surface area (Å²) in [5.74, 6) is 1.21. The molecule has 34 heavy (non-hydrogen) atoms. The summed E-state index contributed by atoms with van der Waals surface area (Å²) in [5.41, 5.74) is 3.01. The summed E-state index contributed by atoms with van der Waals surface area (Å²) < 4.78 is 10.8. The number of hydrogen-bond acceptors (Lipinski definition) is 6. The largest absolute Gasteiger partial charge is 0.493 e. The van der Waals surface area contributed by atoms with Crippen molar-refractivity contribution >= 4 is 16.8 Å². The minimum absolute atomic E-state index is 0.0695. The predicted molar refractivity (Wildman–Crippen MR) is 136 cm³/mol. The molecule has 1 aromatic heterocycles. The van der Waals surface area contributed by atoms with Crippen molar-refractivity contribution in [2.45, 2.75) is 12.8 Å². The second-order valence-corrected chi connectivity index (χ2v) is 8.75. The normalized spacial score (nSPS) is 14.8. The van der Waals surface area contributed by atoms with Gasteiger partial charge in [-0.1, -0.05) is 18.2 Å². The Morgan fingerprint density at radius 2 is 1.74 bits per heavy atom. The number of hydrogen-bond donors (Lipinski definition) is 1. The van der Waals surface area contributed by atoms with Crippen molar-refractivity contribution in [2.24, 2.45) is 0 Å². The van der Waals surface area contributed by atoms with Crippen molar-refractivity contribution in [1.29, 1.82) is 0 Å². The lowest BCUT2D eigenvalue weighted by Crippen LogP contribution is -2.44. The van der Waals surface area contributed by atoms with Crippen molar-refractivity contribution in [3.63, 3.8) is 0 Å². The Labute approximate surface area is 201 Å². The van der Waals surface area contributed by atoms with Gasteiger partial charge in [0.2, 0.25) is 0 Å². The SMILES string of the molecule is COc1ccc(-c2cc(C(=O)NCCCCN3CCN(C)CC3)c3ccccc3n2)cc1OC. The van der Waals surface area contributed by atoms with E-state index in [4.69, 9.17) is 14.5 Å². The maximum atomic E-state index is 13.2. The number of methoxy groups -OCH3 is 2. The third-order valence-electron chi connectivity index (χ3n) is 6.42. The van der Waals surface area contributed by atoms with Gasteiger partial charge < -0.3 is 24.6 Å². The van der Waals surface area contributed by atoms with E-state index in [1.54, 1.807) is 14.2 Å². The Balaban J connectivity index is 1.45. The molecule has 1 fully saturated rings. The fourth-order valence-electron chi connectivity index (χ4n) is 4.34. The van der Waals surface area contributed by atoms with E-state index in [-0.39, 0.29) is 5.91 Å².